The fraction of sp³-hybridized carbons (Fsp3) is 0.200. The van der Waals surface area contributed by atoms with Gasteiger partial charge in [-0.25, -0.2) is 4.98 Å². The van der Waals surface area contributed by atoms with Crippen LogP contribution in [0, 0.1) is 6.92 Å². The van der Waals surface area contributed by atoms with E-state index in [1.54, 1.807) is 24.4 Å². The number of aliphatic hydroxyl groups excluding tert-OH is 1. The van der Waals surface area contributed by atoms with Gasteiger partial charge in [-0.1, -0.05) is 0 Å². The average molecular weight is 205 g/mol. The fourth-order valence-corrected chi connectivity index (χ4v) is 1.16. The summed E-state index contributed by atoms with van der Waals surface area (Å²) in [4.78, 5) is 4.00. The zero-order valence-corrected chi connectivity index (χ0v) is 8.27. The van der Waals surface area contributed by atoms with Crippen molar-refractivity contribution in [3.63, 3.8) is 0 Å². The van der Waals surface area contributed by atoms with Crippen molar-refractivity contribution in [3.8, 4) is 11.8 Å². The van der Waals surface area contributed by atoms with E-state index in [2.05, 4.69) is 15.2 Å². The molecule has 2 aromatic rings. The van der Waals surface area contributed by atoms with Crippen LogP contribution in [0.4, 0.5) is 0 Å². The molecule has 0 radical (unpaired) electrons. The smallest absolute Gasteiger partial charge is 0.240 e. The molecule has 5 nitrogen and oxygen atoms in total. The number of aryl methyl sites for hydroxylation is 1. The highest BCUT2D eigenvalue weighted by molar-refractivity contribution is 5.24. The summed E-state index contributed by atoms with van der Waals surface area (Å²) in [7, 11) is 0. The van der Waals surface area contributed by atoms with E-state index in [9.17, 15) is 0 Å². The molecule has 0 saturated carbocycles. The first kappa shape index (κ1) is 9.67. The van der Waals surface area contributed by atoms with E-state index in [4.69, 9.17) is 9.84 Å². The number of H-pyrrole nitrogens is 1. The third-order valence-electron chi connectivity index (χ3n) is 1.87. The maximum Gasteiger partial charge on any atom is 0.240 e. The molecule has 0 saturated heterocycles. The van der Waals surface area contributed by atoms with Gasteiger partial charge in [0.2, 0.25) is 11.8 Å². The minimum Gasteiger partial charge on any atom is -0.419 e. The van der Waals surface area contributed by atoms with Gasteiger partial charge in [0.15, 0.2) is 0 Å². The monoisotopic (exact) mass is 205 g/mol. The predicted octanol–water partition coefficient (Wildman–Crippen LogP) is 1.40. The second kappa shape index (κ2) is 4.10. The molecule has 0 amide bonds. The number of pyridine rings is 1. The zero-order valence-electron chi connectivity index (χ0n) is 8.27. The lowest BCUT2D eigenvalue weighted by atomic mass is 10.3. The lowest BCUT2D eigenvalue weighted by molar-refractivity contribution is 0.281. The molecule has 0 aliphatic carbocycles. The van der Waals surface area contributed by atoms with E-state index in [1.807, 2.05) is 6.92 Å². The highest BCUT2D eigenvalue weighted by Gasteiger charge is 2.02. The lowest BCUT2D eigenvalue weighted by Gasteiger charge is -2.01. The highest BCUT2D eigenvalue weighted by Crippen LogP contribution is 2.17. The summed E-state index contributed by atoms with van der Waals surface area (Å²) in [6.45, 7) is 1.86. The largest absolute Gasteiger partial charge is 0.419 e. The van der Waals surface area contributed by atoms with E-state index in [-0.39, 0.29) is 6.61 Å². The number of aromatic nitrogens is 3. The number of hydrogen-bond acceptors (Lipinski definition) is 4. The molecule has 2 N–H and O–H groups in total. The van der Waals surface area contributed by atoms with Crippen LogP contribution < -0.4 is 4.74 Å². The van der Waals surface area contributed by atoms with Gasteiger partial charge in [-0.2, -0.15) is 0 Å². The van der Waals surface area contributed by atoms with E-state index in [0.29, 0.717) is 11.8 Å². The van der Waals surface area contributed by atoms with Crippen LogP contribution in [0.15, 0.2) is 24.4 Å². The van der Waals surface area contributed by atoms with Gasteiger partial charge in [0.1, 0.15) is 0 Å². The van der Waals surface area contributed by atoms with Crippen LogP contribution in [-0.2, 0) is 6.61 Å². The Bertz CT molecular complexity index is 453. The van der Waals surface area contributed by atoms with Gasteiger partial charge in [-0.05, 0) is 18.6 Å². The molecule has 78 valence electrons. The molecule has 0 aliphatic heterocycles. The maximum atomic E-state index is 8.93. The molecule has 0 unspecified atom stereocenters. The summed E-state index contributed by atoms with van der Waals surface area (Å²) >= 11 is 0. The molecule has 0 spiro atoms. The van der Waals surface area contributed by atoms with Crippen molar-refractivity contribution in [3.05, 3.63) is 35.7 Å². The summed E-state index contributed by atoms with van der Waals surface area (Å²) in [6, 6.07) is 5.17. The Labute approximate surface area is 86.7 Å². The molecule has 15 heavy (non-hydrogen) atoms. The third kappa shape index (κ3) is 2.32. The number of hydrogen-bond donors (Lipinski definition) is 2. The normalized spacial score (nSPS) is 10.3. The number of aromatic amines is 1. The third-order valence-corrected chi connectivity index (χ3v) is 1.87. The van der Waals surface area contributed by atoms with Gasteiger partial charge in [-0.3, -0.25) is 5.10 Å². The Balaban J connectivity index is 2.16. The average Bonchev–Trinajstić information content (AvgIpc) is 2.64. The van der Waals surface area contributed by atoms with E-state index >= 15 is 0 Å². The van der Waals surface area contributed by atoms with Crippen LogP contribution in [0.3, 0.4) is 0 Å². The SMILES string of the molecule is Cc1cc(Oc2cc(CO)ccn2)n[nH]1. The molecule has 0 aromatic carbocycles. The quantitative estimate of drug-likeness (QED) is 0.794. The molecular formula is C10H11N3O2. The number of rotatable bonds is 3. The van der Waals surface area contributed by atoms with Crippen LogP contribution in [0.1, 0.15) is 11.3 Å². The van der Waals surface area contributed by atoms with Gasteiger partial charge in [0, 0.05) is 24.0 Å². The van der Waals surface area contributed by atoms with E-state index < -0.39 is 0 Å². The van der Waals surface area contributed by atoms with Crippen molar-refractivity contribution in [2.75, 3.05) is 0 Å². The van der Waals surface area contributed by atoms with E-state index in [1.165, 1.54) is 0 Å². The number of nitrogens with zero attached hydrogens (tertiary/aromatic N) is 2. The Kier molecular flexibility index (Phi) is 2.64. The van der Waals surface area contributed by atoms with Crippen LogP contribution in [0.2, 0.25) is 0 Å². The van der Waals surface area contributed by atoms with Crippen LogP contribution >= 0.6 is 0 Å². The number of nitrogens with one attached hydrogen (secondary N) is 1. The molecule has 0 aliphatic rings. The topological polar surface area (TPSA) is 71.0 Å². The van der Waals surface area contributed by atoms with Gasteiger partial charge >= 0.3 is 0 Å². The van der Waals surface area contributed by atoms with Crippen molar-refractivity contribution in [2.24, 2.45) is 0 Å². The van der Waals surface area contributed by atoms with Gasteiger partial charge in [0.25, 0.3) is 0 Å². The minimum absolute atomic E-state index is 0.0293. The second-order valence-electron chi connectivity index (χ2n) is 3.15. The summed E-state index contributed by atoms with van der Waals surface area (Å²) in [5.74, 6) is 0.892. The van der Waals surface area contributed by atoms with Crippen LogP contribution in [0.25, 0.3) is 0 Å². The second-order valence-corrected chi connectivity index (χ2v) is 3.15. The summed E-state index contributed by atoms with van der Waals surface area (Å²) in [5, 5.41) is 15.6. The Hall–Kier alpha value is -1.88. The Morgan fingerprint density at radius 3 is 2.93 bits per heavy atom. The first-order valence-electron chi connectivity index (χ1n) is 4.53. The van der Waals surface area contributed by atoms with Gasteiger partial charge in [-0.15, -0.1) is 5.10 Å². The summed E-state index contributed by atoms with van der Waals surface area (Å²) < 4.78 is 5.38. The molecule has 2 heterocycles. The van der Waals surface area contributed by atoms with Gasteiger partial charge in [0.05, 0.1) is 6.61 Å². The molecule has 5 heteroatoms. The van der Waals surface area contributed by atoms with Crippen LogP contribution in [0.5, 0.6) is 11.8 Å². The number of aliphatic hydroxyl groups is 1. The molecular weight excluding hydrogens is 194 g/mol. The van der Waals surface area contributed by atoms with Crippen molar-refractivity contribution in [1.29, 1.82) is 0 Å². The van der Waals surface area contributed by atoms with Crippen molar-refractivity contribution >= 4 is 0 Å². The standard InChI is InChI=1S/C10H11N3O2/c1-7-4-10(13-12-7)15-9-5-8(6-14)2-3-11-9/h2-5,14H,6H2,1H3,(H,12,13). The van der Waals surface area contributed by atoms with E-state index in [0.717, 1.165) is 11.3 Å². The first-order valence-corrected chi connectivity index (χ1v) is 4.53. The minimum atomic E-state index is -0.0293. The molecule has 0 atom stereocenters. The van der Waals surface area contributed by atoms with Gasteiger partial charge < -0.3 is 9.84 Å². The molecule has 0 bridgehead atoms. The molecule has 2 rings (SSSR count). The first-order chi connectivity index (χ1) is 7.28. The van der Waals surface area contributed by atoms with Crippen molar-refractivity contribution in [1.82, 2.24) is 15.2 Å². The molecule has 0 fully saturated rings. The Morgan fingerprint density at radius 1 is 1.40 bits per heavy atom. The maximum absolute atomic E-state index is 8.93. The summed E-state index contributed by atoms with van der Waals surface area (Å²) in [5.41, 5.74) is 1.68. The lowest BCUT2D eigenvalue weighted by Crippen LogP contribution is -1.90. The predicted molar refractivity (Wildman–Crippen MR) is 53.6 cm³/mol. The highest BCUT2D eigenvalue weighted by atomic mass is 16.5. The fourth-order valence-electron chi connectivity index (χ4n) is 1.16. The molecule has 2 aromatic heterocycles. The Morgan fingerprint density at radius 2 is 2.27 bits per heavy atom. The van der Waals surface area contributed by atoms with Crippen molar-refractivity contribution in [2.45, 2.75) is 13.5 Å². The summed E-state index contributed by atoms with van der Waals surface area (Å²) in [6.07, 6.45) is 1.58. The van der Waals surface area contributed by atoms with Crippen molar-refractivity contribution < 1.29 is 9.84 Å². The zero-order chi connectivity index (χ0) is 10.7. The van der Waals surface area contributed by atoms with Crippen LogP contribution in [-0.4, -0.2) is 20.3 Å². The number of ether oxygens (including phenoxy) is 1.